The third kappa shape index (κ3) is 5.65. The van der Waals surface area contributed by atoms with Crippen molar-refractivity contribution >= 4 is 22.6 Å². The summed E-state index contributed by atoms with van der Waals surface area (Å²) in [5.41, 5.74) is 4.30. The Hall–Kier alpha value is -3.12. The van der Waals surface area contributed by atoms with Gasteiger partial charge in [-0.1, -0.05) is 44.2 Å². The van der Waals surface area contributed by atoms with Gasteiger partial charge in [0.15, 0.2) is 0 Å². The van der Waals surface area contributed by atoms with E-state index in [4.69, 9.17) is 14.5 Å². The summed E-state index contributed by atoms with van der Waals surface area (Å²) in [6.07, 6.45) is 8.31. The first kappa shape index (κ1) is 26.5. The molecule has 6 heteroatoms. The van der Waals surface area contributed by atoms with Crippen LogP contribution in [0.15, 0.2) is 54.6 Å². The van der Waals surface area contributed by atoms with Gasteiger partial charge in [-0.15, -0.1) is 0 Å². The minimum absolute atomic E-state index is 0.0820. The van der Waals surface area contributed by atoms with Crippen molar-refractivity contribution in [3.05, 3.63) is 66.0 Å². The molecule has 1 N–H and O–H groups in total. The lowest BCUT2D eigenvalue weighted by Crippen LogP contribution is -2.51. The first-order valence-electron chi connectivity index (χ1n) is 14.1. The van der Waals surface area contributed by atoms with Gasteiger partial charge in [0.05, 0.1) is 24.1 Å². The number of para-hydroxylation sites is 2. The summed E-state index contributed by atoms with van der Waals surface area (Å²) in [4.78, 5) is 23.4. The van der Waals surface area contributed by atoms with E-state index in [1.165, 1.54) is 11.1 Å². The van der Waals surface area contributed by atoms with Gasteiger partial charge in [0.2, 0.25) is 0 Å². The summed E-state index contributed by atoms with van der Waals surface area (Å²) in [5.74, 6) is 2.34. The second-order valence-corrected chi connectivity index (χ2v) is 11.4. The van der Waals surface area contributed by atoms with Crippen molar-refractivity contribution < 1.29 is 14.3 Å². The first-order chi connectivity index (χ1) is 18.4. The molecule has 6 nitrogen and oxygen atoms in total. The van der Waals surface area contributed by atoms with Crippen LogP contribution in [0.3, 0.4) is 0 Å². The Kier molecular flexibility index (Phi) is 7.89. The summed E-state index contributed by atoms with van der Waals surface area (Å²) < 4.78 is 11.9. The number of allylic oxidation sites excluding steroid dienone is 1. The summed E-state index contributed by atoms with van der Waals surface area (Å²) in [6.45, 7) is 5.74. The van der Waals surface area contributed by atoms with Crippen molar-refractivity contribution in [2.75, 3.05) is 27.2 Å². The molecule has 0 spiro atoms. The molecule has 1 aromatic heterocycles. The van der Waals surface area contributed by atoms with Crippen LogP contribution in [-0.4, -0.2) is 53.7 Å². The Bertz CT molecular complexity index is 1260. The number of imidazole rings is 1. The fourth-order valence-corrected chi connectivity index (χ4v) is 6.21. The molecule has 3 aliphatic rings. The number of H-pyrrole nitrogens is 1. The molecule has 3 atom stereocenters. The number of carbonyl (C=O) groups is 1. The van der Waals surface area contributed by atoms with Gasteiger partial charge in [-0.05, 0) is 80.6 Å². The maximum Gasteiger partial charge on any atom is 0.308 e. The van der Waals surface area contributed by atoms with Crippen molar-refractivity contribution in [3.63, 3.8) is 0 Å². The molecule has 3 aromatic rings. The molecule has 0 unspecified atom stereocenters. The zero-order valence-electron chi connectivity index (χ0n) is 23.2. The maximum absolute atomic E-state index is 12.9. The van der Waals surface area contributed by atoms with Gasteiger partial charge in [-0.2, -0.15) is 0 Å². The Labute approximate surface area is 226 Å². The third-order valence-electron chi connectivity index (χ3n) is 8.40. The number of aromatic nitrogens is 2. The van der Waals surface area contributed by atoms with E-state index in [-0.39, 0.29) is 17.8 Å². The molecule has 1 heterocycles. The molecular formula is C32H41N3O3. The lowest BCUT2D eigenvalue weighted by Gasteiger charge is -2.50. The minimum Gasteiger partial charge on any atom is -0.497 e. The lowest BCUT2D eigenvalue weighted by molar-refractivity contribution is -0.176. The molecule has 2 bridgehead atoms. The van der Waals surface area contributed by atoms with Gasteiger partial charge in [0.1, 0.15) is 17.2 Å². The van der Waals surface area contributed by atoms with Crippen LogP contribution in [0.25, 0.3) is 16.6 Å². The van der Waals surface area contributed by atoms with Gasteiger partial charge in [0, 0.05) is 25.3 Å². The highest BCUT2D eigenvalue weighted by molar-refractivity contribution is 5.75. The first-order valence-corrected chi connectivity index (χ1v) is 14.1. The van der Waals surface area contributed by atoms with Gasteiger partial charge in [-0.25, -0.2) is 4.98 Å². The molecule has 2 aromatic carbocycles. The van der Waals surface area contributed by atoms with Crippen molar-refractivity contribution in [1.29, 1.82) is 0 Å². The number of rotatable bonds is 11. The Morgan fingerprint density at radius 3 is 2.74 bits per heavy atom. The zero-order valence-corrected chi connectivity index (χ0v) is 23.2. The third-order valence-corrected chi connectivity index (χ3v) is 8.40. The quantitative estimate of drug-likeness (QED) is 0.305. The number of fused-ring (bicyclic) bond motifs is 3. The van der Waals surface area contributed by atoms with E-state index in [0.717, 1.165) is 74.2 Å². The highest BCUT2D eigenvalue weighted by Crippen LogP contribution is 2.53. The molecule has 0 radical (unpaired) electrons. The standard InChI is InChI=1S/C32H41N3O3/c1-22(2)31(36)38-32(16-18-35(3)17-8-13-30-33-28-11-5-6-12-29(28)34-30)21-24-14-15-25(32)20-27(24)23-9-7-10-26(19-23)37-4/h5-7,9-12,19-20,22,24-25H,8,13-18,21H2,1-4H3,(H,33,34)/t24-,25-,32+/m0/s1. The number of aryl methyl sites for hydroxylation is 1. The maximum atomic E-state index is 12.9. The molecule has 0 aliphatic heterocycles. The highest BCUT2D eigenvalue weighted by Gasteiger charge is 2.50. The Morgan fingerprint density at radius 2 is 2.00 bits per heavy atom. The molecule has 1 saturated carbocycles. The van der Waals surface area contributed by atoms with Crippen LogP contribution in [0.1, 0.15) is 57.3 Å². The minimum atomic E-state index is -0.431. The number of benzene rings is 2. The monoisotopic (exact) mass is 515 g/mol. The Morgan fingerprint density at radius 1 is 1.16 bits per heavy atom. The van der Waals surface area contributed by atoms with Crippen LogP contribution < -0.4 is 4.74 Å². The van der Waals surface area contributed by atoms with E-state index < -0.39 is 5.60 Å². The number of ether oxygens (including phenoxy) is 2. The molecule has 0 amide bonds. The molecular weight excluding hydrogens is 474 g/mol. The van der Waals surface area contributed by atoms with Crippen LogP contribution in [0.4, 0.5) is 0 Å². The van der Waals surface area contributed by atoms with Gasteiger partial charge >= 0.3 is 5.97 Å². The molecule has 3 aliphatic carbocycles. The van der Waals surface area contributed by atoms with Crippen molar-refractivity contribution in [3.8, 4) is 5.75 Å². The number of hydrogen-bond donors (Lipinski definition) is 1. The number of nitrogens with one attached hydrogen (secondary N) is 1. The van der Waals surface area contributed by atoms with E-state index in [1.807, 2.05) is 38.1 Å². The average molecular weight is 516 g/mol. The van der Waals surface area contributed by atoms with Crippen molar-refractivity contribution in [2.45, 2.75) is 58.0 Å². The van der Waals surface area contributed by atoms with E-state index in [0.29, 0.717) is 5.92 Å². The summed E-state index contributed by atoms with van der Waals surface area (Å²) in [6, 6.07) is 16.5. The molecule has 202 valence electrons. The number of esters is 1. The van der Waals surface area contributed by atoms with Crippen molar-refractivity contribution in [2.24, 2.45) is 17.8 Å². The lowest BCUT2D eigenvalue weighted by atomic mass is 9.60. The van der Waals surface area contributed by atoms with Gasteiger partial charge < -0.3 is 19.4 Å². The number of hydrogen-bond acceptors (Lipinski definition) is 5. The fraction of sp³-hybridized carbons (Fsp3) is 0.500. The second kappa shape index (κ2) is 11.3. The van der Waals surface area contributed by atoms with Crippen LogP contribution in [-0.2, 0) is 16.0 Å². The number of nitrogens with zero attached hydrogens (tertiary/aromatic N) is 2. The second-order valence-electron chi connectivity index (χ2n) is 11.4. The van der Waals surface area contributed by atoms with E-state index in [1.54, 1.807) is 7.11 Å². The molecule has 6 rings (SSSR count). The predicted octanol–water partition coefficient (Wildman–Crippen LogP) is 6.28. The average Bonchev–Trinajstić information content (AvgIpc) is 3.35. The largest absolute Gasteiger partial charge is 0.497 e. The topological polar surface area (TPSA) is 67.4 Å². The summed E-state index contributed by atoms with van der Waals surface area (Å²) in [7, 11) is 3.89. The zero-order chi connectivity index (χ0) is 26.7. The van der Waals surface area contributed by atoms with E-state index in [2.05, 4.69) is 47.3 Å². The molecule has 38 heavy (non-hydrogen) atoms. The van der Waals surface area contributed by atoms with Crippen LogP contribution >= 0.6 is 0 Å². The highest BCUT2D eigenvalue weighted by atomic mass is 16.6. The number of carbonyl (C=O) groups excluding carboxylic acids is 1. The SMILES string of the molecule is COc1cccc(C2=C[C@@H]3CC[C@H]2C[C@@]3(CCN(C)CCCc2nc3ccccc3[nH]2)OC(=O)C(C)C)c1. The van der Waals surface area contributed by atoms with Gasteiger partial charge in [0.25, 0.3) is 0 Å². The molecule has 0 saturated heterocycles. The van der Waals surface area contributed by atoms with E-state index in [9.17, 15) is 4.79 Å². The van der Waals surface area contributed by atoms with Crippen LogP contribution in [0.2, 0.25) is 0 Å². The van der Waals surface area contributed by atoms with Crippen molar-refractivity contribution in [1.82, 2.24) is 14.9 Å². The Balaban J connectivity index is 1.25. The van der Waals surface area contributed by atoms with Crippen LogP contribution in [0, 0.1) is 17.8 Å². The van der Waals surface area contributed by atoms with Gasteiger partial charge in [-0.3, -0.25) is 4.79 Å². The molecule has 1 fully saturated rings. The fourth-order valence-electron chi connectivity index (χ4n) is 6.21. The number of aromatic amines is 1. The summed E-state index contributed by atoms with van der Waals surface area (Å²) >= 11 is 0. The predicted molar refractivity (Wildman–Crippen MR) is 152 cm³/mol. The number of methoxy groups -OCH3 is 1. The van der Waals surface area contributed by atoms with E-state index >= 15 is 0 Å². The smallest absolute Gasteiger partial charge is 0.308 e. The normalized spacial score (nSPS) is 22.7. The van der Waals surface area contributed by atoms with Crippen LogP contribution in [0.5, 0.6) is 5.75 Å². The summed E-state index contributed by atoms with van der Waals surface area (Å²) in [5, 5.41) is 0.